The second-order valence-electron chi connectivity index (χ2n) is 9.87. The van der Waals surface area contributed by atoms with Gasteiger partial charge in [0.25, 0.3) is 0 Å². The largest absolute Gasteiger partial charge is 0.490 e. The third-order valence-electron chi connectivity index (χ3n) is 7.03. The zero-order valence-electron chi connectivity index (χ0n) is 20.5. The first-order valence-corrected chi connectivity index (χ1v) is 12.6. The summed E-state index contributed by atoms with van der Waals surface area (Å²) in [7, 11) is 0. The summed E-state index contributed by atoms with van der Waals surface area (Å²) < 4.78 is 13.5. The highest BCUT2D eigenvalue weighted by Gasteiger charge is 2.26. The van der Waals surface area contributed by atoms with Gasteiger partial charge in [-0.1, -0.05) is 32.0 Å². The minimum absolute atomic E-state index is 0.0125. The zero-order valence-corrected chi connectivity index (χ0v) is 20.5. The number of imidazole rings is 1. The third-order valence-corrected chi connectivity index (χ3v) is 7.03. The standard InChI is InChI=1S/C27H34N4O4/c1-18(2)26(19-8-9-23-24(16-19)35-15-5-14-34-23)29-25(32)17-30-12-10-20(11-13-30)31-22-7-4-3-6-21(22)28-27(31)33/h3-4,6-9,16,18,20,26H,5,10-15,17H2,1-2H3,(H,28,33)(H,29,32). The first-order valence-electron chi connectivity index (χ1n) is 12.6. The van der Waals surface area contributed by atoms with E-state index in [1.165, 1.54) is 0 Å². The predicted octanol–water partition coefficient (Wildman–Crippen LogP) is 3.64. The van der Waals surface area contributed by atoms with Crippen molar-refractivity contribution in [2.24, 2.45) is 5.92 Å². The number of aromatic amines is 1. The van der Waals surface area contributed by atoms with E-state index in [2.05, 4.69) is 29.0 Å². The van der Waals surface area contributed by atoms with E-state index >= 15 is 0 Å². The van der Waals surface area contributed by atoms with Gasteiger partial charge in [-0.2, -0.15) is 0 Å². The van der Waals surface area contributed by atoms with Gasteiger partial charge in [-0.05, 0) is 48.6 Å². The molecule has 1 saturated heterocycles. The second-order valence-corrected chi connectivity index (χ2v) is 9.87. The maximum absolute atomic E-state index is 13.0. The van der Waals surface area contributed by atoms with Crippen LogP contribution in [0.5, 0.6) is 11.5 Å². The topological polar surface area (TPSA) is 88.6 Å². The molecule has 1 amide bonds. The van der Waals surface area contributed by atoms with Gasteiger partial charge in [0.15, 0.2) is 11.5 Å². The maximum Gasteiger partial charge on any atom is 0.326 e. The molecule has 1 aromatic heterocycles. The van der Waals surface area contributed by atoms with Crippen molar-refractivity contribution in [2.45, 2.75) is 45.2 Å². The SMILES string of the molecule is CC(C)C(NC(=O)CN1CCC(n2c(=O)[nH]c3ccccc32)CC1)c1ccc2c(c1)OCCCO2. The predicted molar refractivity (Wildman–Crippen MR) is 135 cm³/mol. The Bertz CT molecular complexity index is 1240. The molecule has 2 aromatic carbocycles. The summed E-state index contributed by atoms with van der Waals surface area (Å²) in [6, 6.07) is 13.8. The number of H-pyrrole nitrogens is 1. The molecule has 2 N–H and O–H groups in total. The van der Waals surface area contributed by atoms with Crippen molar-refractivity contribution in [1.82, 2.24) is 19.8 Å². The van der Waals surface area contributed by atoms with Crippen LogP contribution >= 0.6 is 0 Å². The van der Waals surface area contributed by atoms with Gasteiger partial charge in [-0.3, -0.25) is 14.3 Å². The molecule has 0 aliphatic carbocycles. The van der Waals surface area contributed by atoms with Gasteiger partial charge in [0.1, 0.15) is 0 Å². The molecule has 3 aromatic rings. The Morgan fingerprint density at radius 3 is 2.60 bits per heavy atom. The van der Waals surface area contributed by atoms with Gasteiger partial charge in [-0.15, -0.1) is 0 Å². The molecule has 3 heterocycles. The number of nitrogens with zero attached hydrogens (tertiary/aromatic N) is 2. The summed E-state index contributed by atoms with van der Waals surface area (Å²) >= 11 is 0. The van der Waals surface area contributed by atoms with E-state index in [9.17, 15) is 9.59 Å². The van der Waals surface area contributed by atoms with E-state index in [0.717, 1.165) is 60.4 Å². The molecule has 35 heavy (non-hydrogen) atoms. The minimum atomic E-state index is -0.109. The molecule has 8 nitrogen and oxygen atoms in total. The molecule has 5 rings (SSSR count). The van der Waals surface area contributed by atoms with Crippen molar-refractivity contribution in [3.05, 3.63) is 58.5 Å². The van der Waals surface area contributed by atoms with Gasteiger partial charge in [0.05, 0.1) is 36.8 Å². The van der Waals surface area contributed by atoms with Crippen molar-refractivity contribution in [3.63, 3.8) is 0 Å². The summed E-state index contributed by atoms with van der Waals surface area (Å²) in [4.78, 5) is 30.7. The summed E-state index contributed by atoms with van der Waals surface area (Å²) in [5.74, 6) is 1.74. The Morgan fingerprint density at radius 2 is 1.83 bits per heavy atom. The van der Waals surface area contributed by atoms with Crippen LogP contribution in [0.2, 0.25) is 0 Å². The highest BCUT2D eigenvalue weighted by molar-refractivity contribution is 5.78. The lowest BCUT2D eigenvalue weighted by Crippen LogP contribution is -2.44. The summed E-state index contributed by atoms with van der Waals surface area (Å²) in [6.45, 7) is 7.42. The monoisotopic (exact) mass is 478 g/mol. The molecule has 0 spiro atoms. The van der Waals surface area contributed by atoms with Crippen molar-refractivity contribution in [3.8, 4) is 11.5 Å². The number of hydrogen-bond acceptors (Lipinski definition) is 5. The number of para-hydroxylation sites is 2. The molecule has 8 heteroatoms. The van der Waals surface area contributed by atoms with Crippen LogP contribution in [0.25, 0.3) is 11.0 Å². The molecule has 186 valence electrons. The highest BCUT2D eigenvalue weighted by atomic mass is 16.5. The van der Waals surface area contributed by atoms with Crippen LogP contribution in [-0.2, 0) is 4.79 Å². The summed E-state index contributed by atoms with van der Waals surface area (Å²) in [6.07, 6.45) is 2.54. The van der Waals surface area contributed by atoms with E-state index in [1.54, 1.807) is 0 Å². The highest BCUT2D eigenvalue weighted by Crippen LogP contribution is 2.34. The molecule has 0 saturated carbocycles. The van der Waals surface area contributed by atoms with Crippen LogP contribution < -0.4 is 20.5 Å². The van der Waals surface area contributed by atoms with Crippen LogP contribution in [0.3, 0.4) is 0 Å². The molecule has 1 atom stereocenters. The summed E-state index contributed by atoms with van der Waals surface area (Å²) in [5, 5.41) is 3.24. The maximum atomic E-state index is 13.0. The average molecular weight is 479 g/mol. The molecular formula is C27H34N4O4. The van der Waals surface area contributed by atoms with Crippen LogP contribution in [0.1, 0.15) is 50.8 Å². The van der Waals surface area contributed by atoms with Crippen LogP contribution in [-0.4, -0.2) is 53.2 Å². The molecule has 0 radical (unpaired) electrons. The minimum Gasteiger partial charge on any atom is -0.490 e. The lowest BCUT2D eigenvalue weighted by atomic mass is 9.95. The Kier molecular flexibility index (Phi) is 6.81. The quantitative estimate of drug-likeness (QED) is 0.565. The zero-order chi connectivity index (χ0) is 24.4. The van der Waals surface area contributed by atoms with Crippen molar-refractivity contribution in [1.29, 1.82) is 0 Å². The molecular weight excluding hydrogens is 444 g/mol. The number of rotatable bonds is 6. The number of fused-ring (bicyclic) bond motifs is 2. The fourth-order valence-corrected chi connectivity index (χ4v) is 5.20. The molecule has 2 aliphatic rings. The fourth-order valence-electron chi connectivity index (χ4n) is 5.20. The second kappa shape index (κ2) is 10.2. The third kappa shape index (κ3) is 5.07. The van der Waals surface area contributed by atoms with Crippen LogP contribution in [0, 0.1) is 5.92 Å². The number of nitrogens with one attached hydrogen (secondary N) is 2. The number of hydrogen-bond donors (Lipinski definition) is 2. The fraction of sp³-hybridized carbons (Fsp3) is 0.481. The molecule has 2 aliphatic heterocycles. The number of ether oxygens (including phenoxy) is 2. The van der Waals surface area contributed by atoms with Gasteiger partial charge >= 0.3 is 5.69 Å². The van der Waals surface area contributed by atoms with Crippen LogP contribution in [0.4, 0.5) is 0 Å². The summed E-state index contributed by atoms with van der Waals surface area (Å²) in [5.41, 5.74) is 2.78. The van der Waals surface area contributed by atoms with Gasteiger partial charge in [0.2, 0.25) is 5.91 Å². The number of carbonyl (C=O) groups is 1. The number of piperidine rings is 1. The normalized spacial score (nSPS) is 17.9. The van der Waals surface area contributed by atoms with E-state index in [1.807, 2.05) is 47.0 Å². The number of aromatic nitrogens is 2. The molecule has 1 unspecified atom stereocenters. The van der Waals surface area contributed by atoms with Crippen molar-refractivity contribution >= 4 is 16.9 Å². The van der Waals surface area contributed by atoms with E-state index < -0.39 is 0 Å². The van der Waals surface area contributed by atoms with E-state index in [4.69, 9.17) is 9.47 Å². The Hall–Kier alpha value is -3.26. The first-order chi connectivity index (χ1) is 17.0. The van der Waals surface area contributed by atoms with Gasteiger partial charge < -0.3 is 19.8 Å². The van der Waals surface area contributed by atoms with Gasteiger partial charge in [0, 0.05) is 25.6 Å². The number of amides is 1. The lowest BCUT2D eigenvalue weighted by Gasteiger charge is -2.32. The first kappa shape index (κ1) is 23.5. The van der Waals surface area contributed by atoms with E-state index in [0.29, 0.717) is 19.8 Å². The number of likely N-dealkylation sites (tertiary alicyclic amines) is 1. The Balaban J connectivity index is 1.20. The lowest BCUT2D eigenvalue weighted by molar-refractivity contribution is -0.123. The Labute approximate surface area is 205 Å². The Morgan fingerprint density at radius 1 is 1.09 bits per heavy atom. The smallest absolute Gasteiger partial charge is 0.326 e. The number of carbonyl (C=O) groups excluding carboxylic acids is 1. The van der Waals surface area contributed by atoms with Crippen molar-refractivity contribution < 1.29 is 14.3 Å². The average Bonchev–Trinajstić information content (AvgIpc) is 3.01. The number of benzene rings is 2. The van der Waals surface area contributed by atoms with E-state index in [-0.39, 0.29) is 29.6 Å². The van der Waals surface area contributed by atoms with Crippen molar-refractivity contribution in [2.75, 3.05) is 32.8 Å². The molecule has 1 fully saturated rings. The van der Waals surface area contributed by atoms with Crippen LogP contribution in [0.15, 0.2) is 47.3 Å². The van der Waals surface area contributed by atoms with Gasteiger partial charge in [-0.25, -0.2) is 4.79 Å². The molecule has 0 bridgehead atoms.